The first-order valence-corrected chi connectivity index (χ1v) is 3.42. The number of ether oxygens (including phenoxy) is 2. The Balaban J connectivity index is 3.09. The van der Waals surface area contributed by atoms with Gasteiger partial charge in [0.1, 0.15) is 13.2 Å². The first-order chi connectivity index (χ1) is 5.92. The largest absolute Gasteiger partial charge is 0.411 e. The van der Waals surface area contributed by atoms with Gasteiger partial charge >= 0.3 is 6.18 Å². The second-order valence-electron chi connectivity index (χ2n) is 2.13. The smallest absolute Gasteiger partial charge is 0.373 e. The van der Waals surface area contributed by atoms with Gasteiger partial charge in [0.15, 0.2) is 0 Å². The second kappa shape index (κ2) is 6.09. The normalized spacial score (nSPS) is 12.5. The van der Waals surface area contributed by atoms with E-state index in [-0.39, 0.29) is 13.2 Å². The zero-order chi connectivity index (χ0) is 10.3. The Labute approximate surface area is 71.6 Å². The van der Waals surface area contributed by atoms with Crippen molar-refractivity contribution in [2.45, 2.75) is 12.6 Å². The minimum atomic E-state index is -4.39. The number of halogens is 5. The summed E-state index contributed by atoms with van der Waals surface area (Å²) in [6.45, 7) is -2.77. The molecule has 0 atom stereocenters. The molecule has 0 amide bonds. The lowest BCUT2D eigenvalue weighted by molar-refractivity contribution is -0.177. The molecule has 13 heavy (non-hydrogen) atoms. The van der Waals surface area contributed by atoms with Gasteiger partial charge in [-0.1, -0.05) is 0 Å². The van der Waals surface area contributed by atoms with Crippen LogP contribution in [0.2, 0.25) is 0 Å². The van der Waals surface area contributed by atoms with Crippen LogP contribution in [0.3, 0.4) is 0 Å². The molecule has 0 aromatic heterocycles. The van der Waals surface area contributed by atoms with E-state index >= 15 is 0 Å². The third-order valence-corrected chi connectivity index (χ3v) is 0.882. The van der Waals surface area contributed by atoms with Crippen molar-refractivity contribution in [2.75, 3.05) is 26.4 Å². The molecule has 0 radical (unpaired) electrons. The highest BCUT2D eigenvalue weighted by Crippen LogP contribution is 2.13. The van der Waals surface area contributed by atoms with Crippen LogP contribution in [-0.4, -0.2) is 39.0 Å². The summed E-state index contributed by atoms with van der Waals surface area (Å²) in [7, 11) is 0. The molecule has 0 aliphatic rings. The molecule has 0 fully saturated rings. The number of hydrogen-bond acceptors (Lipinski definition) is 2. The van der Waals surface area contributed by atoms with Crippen LogP contribution < -0.4 is 0 Å². The molecule has 80 valence electrons. The molecule has 0 unspecified atom stereocenters. The molecule has 0 saturated heterocycles. The van der Waals surface area contributed by atoms with Crippen molar-refractivity contribution in [3.63, 3.8) is 0 Å². The van der Waals surface area contributed by atoms with Gasteiger partial charge in [-0.15, -0.1) is 0 Å². The quantitative estimate of drug-likeness (QED) is 0.489. The van der Waals surface area contributed by atoms with Crippen molar-refractivity contribution in [3.8, 4) is 0 Å². The van der Waals surface area contributed by atoms with Crippen LogP contribution in [0.4, 0.5) is 22.0 Å². The molecule has 0 aromatic carbocycles. The lowest BCUT2D eigenvalue weighted by Gasteiger charge is -2.07. The highest BCUT2D eigenvalue weighted by atomic mass is 19.4. The van der Waals surface area contributed by atoms with E-state index in [1.165, 1.54) is 0 Å². The summed E-state index contributed by atoms with van der Waals surface area (Å²) in [5.41, 5.74) is 0. The summed E-state index contributed by atoms with van der Waals surface area (Å²) in [5.74, 6) is 0. The summed E-state index contributed by atoms with van der Waals surface area (Å²) in [6, 6.07) is 0. The van der Waals surface area contributed by atoms with E-state index in [9.17, 15) is 22.0 Å². The minimum absolute atomic E-state index is 0.263. The van der Waals surface area contributed by atoms with Crippen molar-refractivity contribution in [3.05, 3.63) is 0 Å². The Morgan fingerprint density at radius 1 is 1.00 bits per heavy atom. The average molecular weight is 208 g/mol. The van der Waals surface area contributed by atoms with Crippen LogP contribution in [-0.2, 0) is 9.47 Å². The molecule has 0 saturated carbocycles. The molecule has 0 aliphatic carbocycles. The minimum Gasteiger partial charge on any atom is -0.373 e. The van der Waals surface area contributed by atoms with Gasteiger partial charge in [-0.2, -0.15) is 13.2 Å². The van der Waals surface area contributed by atoms with Crippen LogP contribution in [0.25, 0.3) is 0 Å². The summed E-state index contributed by atoms with van der Waals surface area (Å²) in [4.78, 5) is 0. The maximum Gasteiger partial charge on any atom is 0.411 e. The number of alkyl halides is 5. The molecule has 0 spiro atoms. The summed E-state index contributed by atoms with van der Waals surface area (Å²) in [5, 5.41) is 0. The van der Waals surface area contributed by atoms with Gasteiger partial charge in [-0.05, 0) is 0 Å². The number of hydrogen-bond donors (Lipinski definition) is 0. The molecule has 0 bridgehead atoms. The first kappa shape index (κ1) is 12.6. The monoisotopic (exact) mass is 208 g/mol. The second-order valence-corrected chi connectivity index (χ2v) is 2.13. The Morgan fingerprint density at radius 3 is 2.00 bits per heavy atom. The van der Waals surface area contributed by atoms with E-state index in [0.717, 1.165) is 0 Å². The molecule has 0 heterocycles. The van der Waals surface area contributed by atoms with Crippen molar-refractivity contribution >= 4 is 0 Å². The average Bonchev–Trinajstić information content (AvgIpc) is 1.93. The maximum atomic E-state index is 11.4. The van der Waals surface area contributed by atoms with E-state index in [0.29, 0.717) is 0 Å². The molecule has 2 nitrogen and oxygen atoms in total. The van der Waals surface area contributed by atoms with Gasteiger partial charge < -0.3 is 9.47 Å². The summed E-state index contributed by atoms with van der Waals surface area (Å²) >= 11 is 0. The SMILES string of the molecule is FC(F)COCCOCC(F)(F)F. The predicted molar refractivity (Wildman–Crippen MR) is 33.7 cm³/mol. The van der Waals surface area contributed by atoms with Gasteiger partial charge in [0.25, 0.3) is 6.43 Å². The predicted octanol–water partition coefficient (Wildman–Crippen LogP) is 1.85. The fourth-order valence-corrected chi connectivity index (χ4v) is 0.478. The van der Waals surface area contributed by atoms with Gasteiger partial charge in [0, 0.05) is 0 Å². The molecular weight excluding hydrogens is 199 g/mol. The van der Waals surface area contributed by atoms with Crippen molar-refractivity contribution in [2.24, 2.45) is 0 Å². The highest BCUT2D eigenvalue weighted by molar-refractivity contribution is 4.45. The maximum absolute atomic E-state index is 11.4. The third kappa shape index (κ3) is 11.6. The fraction of sp³-hybridized carbons (Fsp3) is 1.00. The molecule has 0 rings (SSSR count). The van der Waals surface area contributed by atoms with Crippen LogP contribution in [0.5, 0.6) is 0 Å². The van der Waals surface area contributed by atoms with E-state index < -0.39 is 25.8 Å². The first-order valence-electron chi connectivity index (χ1n) is 3.42. The molecule has 0 N–H and O–H groups in total. The Hall–Kier alpha value is -0.430. The van der Waals surface area contributed by atoms with Gasteiger partial charge in [-0.3, -0.25) is 0 Å². The molecular formula is C6H9F5O2. The number of rotatable bonds is 6. The lowest BCUT2D eigenvalue weighted by Crippen LogP contribution is -2.19. The zero-order valence-corrected chi connectivity index (χ0v) is 6.61. The Kier molecular flexibility index (Phi) is 5.89. The van der Waals surface area contributed by atoms with E-state index in [2.05, 4.69) is 9.47 Å². The zero-order valence-electron chi connectivity index (χ0n) is 6.61. The van der Waals surface area contributed by atoms with Gasteiger partial charge in [0.05, 0.1) is 13.2 Å². The molecule has 0 aliphatic heterocycles. The third-order valence-electron chi connectivity index (χ3n) is 0.882. The van der Waals surface area contributed by atoms with Crippen LogP contribution in [0.15, 0.2) is 0 Å². The van der Waals surface area contributed by atoms with Gasteiger partial charge in [-0.25, -0.2) is 8.78 Å². The fourth-order valence-electron chi connectivity index (χ4n) is 0.478. The van der Waals surface area contributed by atoms with Crippen molar-refractivity contribution in [1.82, 2.24) is 0 Å². The Morgan fingerprint density at radius 2 is 1.54 bits per heavy atom. The van der Waals surface area contributed by atoms with E-state index in [4.69, 9.17) is 0 Å². The summed E-state index contributed by atoms with van der Waals surface area (Å²) in [6.07, 6.45) is -6.99. The van der Waals surface area contributed by atoms with E-state index in [1.807, 2.05) is 0 Å². The van der Waals surface area contributed by atoms with Gasteiger partial charge in [0.2, 0.25) is 0 Å². The Bertz CT molecular complexity index is 125. The molecule has 7 heteroatoms. The van der Waals surface area contributed by atoms with Crippen LogP contribution in [0, 0.1) is 0 Å². The van der Waals surface area contributed by atoms with Crippen molar-refractivity contribution in [1.29, 1.82) is 0 Å². The standard InChI is InChI=1S/C6H9F5O2/c7-5(8)3-12-1-2-13-4-6(9,10)11/h5H,1-4H2. The van der Waals surface area contributed by atoms with Crippen LogP contribution in [0.1, 0.15) is 0 Å². The summed E-state index contributed by atoms with van der Waals surface area (Å²) < 4.78 is 65.3. The highest BCUT2D eigenvalue weighted by Gasteiger charge is 2.27. The topological polar surface area (TPSA) is 18.5 Å². The van der Waals surface area contributed by atoms with E-state index in [1.54, 1.807) is 0 Å². The lowest BCUT2D eigenvalue weighted by atomic mass is 10.7. The van der Waals surface area contributed by atoms with Crippen molar-refractivity contribution < 1.29 is 31.4 Å². The van der Waals surface area contributed by atoms with Crippen LogP contribution >= 0.6 is 0 Å². The molecule has 0 aromatic rings.